The monoisotopic (exact) mass is 423 g/mol. The molecule has 0 radical (unpaired) electrons. The minimum absolute atomic E-state index is 0.267. The van der Waals surface area contributed by atoms with Crippen molar-refractivity contribution in [2.45, 2.75) is 27.3 Å². The summed E-state index contributed by atoms with van der Waals surface area (Å²) in [4.78, 5) is 28.8. The Balaban J connectivity index is 1.91. The number of fused-ring (bicyclic) bond motifs is 1. The van der Waals surface area contributed by atoms with Crippen LogP contribution in [0.4, 0.5) is 17.6 Å². The van der Waals surface area contributed by atoms with Crippen molar-refractivity contribution in [1.82, 2.24) is 35.4 Å². The highest BCUT2D eigenvalue weighted by atomic mass is 16.1. The van der Waals surface area contributed by atoms with Gasteiger partial charge in [0.15, 0.2) is 11.5 Å². The summed E-state index contributed by atoms with van der Waals surface area (Å²) in [6, 6.07) is 3.90. The van der Waals surface area contributed by atoms with Crippen molar-refractivity contribution in [1.29, 1.82) is 0 Å². The fraction of sp³-hybridized carbons (Fsp3) is 0.476. The van der Waals surface area contributed by atoms with Crippen LogP contribution in [-0.2, 0) is 6.54 Å². The van der Waals surface area contributed by atoms with Crippen LogP contribution in [0.2, 0.25) is 0 Å². The van der Waals surface area contributed by atoms with Crippen LogP contribution in [-0.4, -0.2) is 63.9 Å². The maximum Gasteiger partial charge on any atom is 0.273 e. The first-order chi connectivity index (χ1) is 15.0. The molecule has 3 aromatic heterocycles. The zero-order valence-electron chi connectivity index (χ0n) is 18.4. The number of aryl methyl sites for hydroxylation is 1. The highest BCUT2D eigenvalue weighted by Gasteiger charge is 2.25. The Hall–Kier alpha value is -3.27. The second kappa shape index (κ2) is 8.84. The second-order valence-corrected chi connectivity index (χ2v) is 8.15. The number of nitrogens with zero attached hydrogens (tertiary/aromatic N) is 6. The van der Waals surface area contributed by atoms with Crippen molar-refractivity contribution in [2.24, 2.45) is 5.92 Å². The molecule has 0 aromatic carbocycles. The number of carbonyl (C=O) groups is 1. The molecule has 1 aliphatic rings. The van der Waals surface area contributed by atoms with Gasteiger partial charge in [-0.05, 0) is 30.5 Å². The lowest BCUT2D eigenvalue weighted by Crippen LogP contribution is -2.44. The number of aromatic nitrogens is 5. The average molecular weight is 424 g/mol. The Morgan fingerprint density at radius 1 is 1.26 bits per heavy atom. The van der Waals surface area contributed by atoms with Gasteiger partial charge >= 0.3 is 0 Å². The zero-order valence-corrected chi connectivity index (χ0v) is 18.4. The molecule has 10 nitrogen and oxygen atoms in total. The van der Waals surface area contributed by atoms with Gasteiger partial charge in [0, 0.05) is 46.0 Å². The van der Waals surface area contributed by atoms with Gasteiger partial charge in [-0.15, -0.1) is 0 Å². The minimum Gasteiger partial charge on any atom is -0.354 e. The van der Waals surface area contributed by atoms with Crippen LogP contribution in [0.15, 0.2) is 18.3 Å². The molecule has 1 aliphatic heterocycles. The topological polar surface area (TPSA) is 113 Å². The van der Waals surface area contributed by atoms with Gasteiger partial charge in [-0.2, -0.15) is 10.1 Å². The Labute approximate surface area is 181 Å². The number of carbonyl (C=O) groups excluding carboxylic acids is 1. The Morgan fingerprint density at radius 2 is 2.03 bits per heavy atom. The fourth-order valence-electron chi connectivity index (χ4n) is 3.64. The first kappa shape index (κ1) is 21.0. The third-order valence-corrected chi connectivity index (χ3v) is 5.12. The molecule has 164 valence electrons. The molecule has 4 heterocycles. The predicted molar refractivity (Wildman–Crippen MR) is 121 cm³/mol. The Kier molecular flexibility index (Phi) is 5.99. The van der Waals surface area contributed by atoms with Gasteiger partial charge in [-0.3, -0.25) is 9.48 Å². The van der Waals surface area contributed by atoms with E-state index in [-0.39, 0.29) is 5.91 Å². The number of hydrogen-bond acceptors (Lipinski definition) is 8. The molecule has 0 spiro atoms. The van der Waals surface area contributed by atoms with E-state index in [1.165, 1.54) is 0 Å². The third kappa shape index (κ3) is 4.43. The van der Waals surface area contributed by atoms with Gasteiger partial charge in [0.1, 0.15) is 16.9 Å². The van der Waals surface area contributed by atoms with Crippen molar-refractivity contribution in [2.75, 3.05) is 43.4 Å². The molecular weight excluding hydrogens is 394 g/mol. The smallest absolute Gasteiger partial charge is 0.273 e. The van der Waals surface area contributed by atoms with Gasteiger partial charge in [0.25, 0.3) is 5.91 Å². The average Bonchev–Trinajstić information content (AvgIpc) is 3.11. The normalized spacial score (nSPS) is 14.3. The van der Waals surface area contributed by atoms with Gasteiger partial charge < -0.3 is 20.9 Å². The summed E-state index contributed by atoms with van der Waals surface area (Å²) in [6.45, 7) is 10.2. The summed E-state index contributed by atoms with van der Waals surface area (Å²) in [5.74, 6) is 1.93. The number of piperazine rings is 1. The zero-order chi connectivity index (χ0) is 22.0. The molecule has 0 unspecified atom stereocenters. The van der Waals surface area contributed by atoms with Crippen molar-refractivity contribution in [3.8, 4) is 0 Å². The van der Waals surface area contributed by atoms with E-state index in [2.05, 4.69) is 44.8 Å². The lowest BCUT2D eigenvalue weighted by atomic mass is 10.2. The van der Waals surface area contributed by atoms with Crippen LogP contribution < -0.4 is 20.9 Å². The van der Waals surface area contributed by atoms with Crippen LogP contribution in [0, 0.1) is 12.8 Å². The number of hydrogen-bond donors (Lipinski definition) is 3. The van der Waals surface area contributed by atoms with Gasteiger partial charge in [0.05, 0.1) is 0 Å². The molecule has 0 bridgehead atoms. The molecule has 10 heteroatoms. The lowest BCUT2D eigenvalue weighted by Gasteiger charge is -2.27. The fourth-order valence-corrected chi connectivity index (χ4v) is 3.64. The predicted octanol–water partition coefficient (Wildman–Crippen LogP) is 1.70. The highest BCUT2D eigenvalue weighted by Crippen LogP contribution is 2.29. The lowest BCUT2D eigenvalue weighted by molar-refractivity contribution is 0.0958. The quantitative estimate of drug-likeness (QED) is 0.549. The standard InChI is InChI=1S/C21H29N9O/c1-13(2)12-30-18-16(17(28-30)20(31)22-4)26-21(29-9-7-23-8-10-29)27-19(18)25-15-11-14(3)5-6-24-15/h5-6,11,13,23H,7-10,12H2,1-4H3,(H,22,31)(H,24,25,26,27). The number of amides is 1. The molecule has 4 rings (SSSR count). The summed E-state index contributed by atoms with van der Waals surface area (Å²) in [7, 11) is 1.60. The summed E-state index contributed by atoms with van der Waals surface area (Å²) in [5, 5.41) is 14.0. The van der Waals surface area contributed by atoms with Crippen LogP contribution >= 0.6 is 0 Å². The van der Waals surface area contributed by atoms with E-state index >= 15 is 0 Å². The summed E-state index contributed by atoms with van der Waals surface area (Å²) < 4.78 is 1.82. The summed E-state index contributed by atoms with van der Waals surface area (Å²) in [6.07, 6.45) is 1.76. The Bertz CT molecular complexity index is 1090. The second-order valence-electron chi connectivity index (χ2n) is 8.15. The van der Waals surface area contributed by atoms with E-state index in [0.717, 1.165) is 31.7 Å². The first-order valence-corrected chi connectivity index (χ1v) is 10.6. The molecule has 3 aromatic rings. The van der Waals surface area contributed by atoms with Crippen molar-refractivity contribution < 1.29 is 4.79 Å². The molecule has 0 aliphatic carbocycles. The maximum atomic E-state index is 12.6. The minimum atomic E-state index is -0.267. The molecule has 31 heavy (non-hydrogen) atoms. The summed E-state index contributed by atoms with van der Waals surface area (Å²) >= 11 is 0. The van der Waals surface area contributed by atoms with Gasteiger partial charge in [0.2, 0.25) is 5.95 Å². The molecule has 0 saturated carbocycles. The molecule has 0 atom stereocenters. The Morgan fingerprint density at radius 3 is 2.71 bits per heavy atom. The van der Waals surface area contributed by atoms with E-state index in [9.17, 15) is 4.79 Å². The van der Waals surface area contributed by atoms with Gasteiger partial charge in [-0.1, -0.05) is 13.8 Å². The molecule has 1 amide bonds. The molecule has 1 saturated heterocycles. The number of anilines is 3. The van der Waals surface area contributed by atoms with E-state index in [4.69, 9.17) is 9.97 Å². The van der Waals surface area contributed by atoms with E-state index < -0.39 is 0 Å². The number of nitrogens with one attached hydrogen (secondary N) is 3. The molecule has 1 fully saturated rings. The van der Waals surface area contributed by atoms with Crippen LogP contribution in [0.25, 0.3) is 11.0 Å². The van der Waals surface area contributed by atoms with Crippen LogP contribution in [0.1, 0.15) is 29.9 Å². The number of rotatable bonds is 6. The van der Waals surface area contributed by atoms with E-state index in [1.807, 2.05) is 23.7 Å². The van der Waals surface area contributed by atoms with Crippen LogP contribution in [0.5, 0.6) is 0 Å². The highest BCUT2D eigenvalue weighted by molar-refractivity contribution is 6.06. The van der Waals surface area contributed by atoms with Crippen molar-refractivity contribution >= 4 is 34.5 Å². The molecule has 3 N–H and O–H groups in total. The first-order valence-electron chi connectivity index (χ1n) is 10.6. The largest absolute Gasteiger partial charge is 0.354 e. The van der Waals surface area contributed by atoms with Crippen LogP contribution in [0.3, 0.4) is 0 Å². The maximum absolute atomic E-state index is 12.6. The van der Waals surface area contributed by atoms with E-state index in [1.54, 1.807) is 13.2 Å². The van der Waals surface area contributed by atoms with Crippen molar-refractivity contribution in [3.05, 3.63) is 29.6 Å². The summed E-state index contributed by atoms with van der Waals surface area (Å²) in [5.41, 5.74) is 2.64. The SMILES string of the molecule is CNC(=O)c1nn(CC(C)C)c2c(Nc3cc(C)ccn3)nc(N3CCNCC3)nc12. The molecular formula is C21H29N9O. The van der Waals surface area contributed by atoms with Crippen molar-refractivity contribution in [3.63, 3.8) is 0 Å². The third-order valence-electron chi connectivity index (χ3n) is 5.12. The van der Waals surface area contributed by atoms with Gasteiger partial charge in [-0.25, -0.2) is 9.97 Å². The number of pyridine rings is 1. The van der Waals surface area contributed by atoms with E-state index in [0.29, 0.717) is 46.8 Å².